The van der Waals surface area contributed by atoms with Crippen LogP contribution >= 0.6 is 7.92 Å². The molecule has 0 saturated heterocycles. The van der Waals surface area contributed by atoms with Gasteiger partial charge in [-0.1, -0.05) is 91.0 Å². The summed E-state index contributed by atoms with van der Waals surface area (Å²) < 4.78 is 4.02. The molecule has 3 rings (SSSR count). The molecule has 128 valence electrons. The summed E-state index contributed by atoms with van der Waals surface area (Å²) in [6, 6.07) is 32.3. The van der Waals surface area contributed by atoms with Crippen molar-refractivity contribution in [3.63, 3.8) is 0 Å². The van der Waals surface area contributed by atoms with Crippen molar-refractivity contribution in [2.24, 2.45) is 5.84 Å². The average molecular weight is 352 g/mol. The van der Waals surface area contributed by atoms with Gasteiger partial charge in [0.05, 0.1) is 7.11 Å². The lowest BCUT2D eigenvalue weighted by atomic mass is 10.4. The van der Waals surface area contributed by atoms with Gasteiger partial charge in [-0.3, -0.25) is 5.43 Å². The lowest BCUT2D eigenvalue weighted by Gasteiger charge is -2.18. The zero-order chi connectivity index (χ0) is 17.9. The number of nitrogens with two attached hydrogens (primary N) is 1. The van der Waals surface area contributed by atoms with Crippen LogP contribution in [-0.2, 0) is 4.74 Å². The molecule has 0 spiro atoms. The smallest absolute Gasteiger partial charge is 0.421 e. The highest BCUT2D eigenvalue weighted by molar-refractivity contribution is 7.79. The molecule has 3 N–H and O–H groups in total. The molecule has 0 saturated carbocycles. The number of carbonyl (C=O) groups excluding carboxylic acids is 1. The second-order valence-electron chi connectivity index (χ2n) is 4.98. The lowest BCUT2D eigenvalue weighted by molar-refractivity contribution is 0.171. The van der Waals surface area contributed by atoms with Gasteiger partial charge in [-0.2, -0.15) is 0 Å². The number of ether oxygens (including phenoxy) is 1. The summed E-state index contributed by atoms with van der Waals surface area (Å²) in [5.74, 6) is 4.56. The average Bonchev–Trinajstić information content (AvgIpc) is 2.70. The van der Waals surface area contributed by atoms with E-state index in [1.807, 2.05) is 0 Å². The molecular weight excluding hydrogens is 331 g/mol. The van der Waals surface area contributed by atoms with Crippen LogP contribution in [0.2, 0.25) is 0 Å². The molecule has 25 heavy (non-hydrogen) atoms. The minimum atomic E-state index is -0.630. The van der Waals surface area contributed by atoms with Crippen LogP contribution in [0, 0.1) is 0 Å². The van der Waals surface area contributed by atoms with E-state index in [4.69, 9.17) is 0 Å². The van der Waals surface area contributed by atoms with E-state index in [1.54, 1.807) is 5.43 Å². The number of nitrogens with one attached hydrogen (secondary N) is 1. The van der Waals surface area contributed by atoms with Gasteiger partial charge < -0.3 is 4.74 Å². The van der Waals surface area contributed by atoms with Gasteiger partial charge in [0, 0.05) is 0 Å². The molecule has 0 bridgehead atoms. The summed E-state index contributed by atoms with van der Waals surface area (Å²) in [5.41, 5.74) is 1.75. The Morgan fingerprint density at radius 3 is 1.28 bits per heavy atom. The van der Waals surface area contributed by atoms with Crippen molar-refractivity contribution in [3.05, 3.63) is 91.0 Å². The second kappa shape index (κ2) is 10.2. The number of hydrazine groups is 1. The largest absolute Gasteiger partial charge is 0.452 e. The minimum Gasteiger partial charge on any atom is -0.452 e. The SMILES string of the molecule is COC(=O)NN.c1ccc(P(c2ccccc2)c2ccccc2)cc1. The molecule has 0 aliphatic heterocycles. The van der Waals surface area contributed by atoms with E-state index in [1.165, 1.54) is 23.0 Å². The number of amides is 1. The zero-order valence-corrected chi connectivity index (χ0v) is 14.9. The number of methoxy groups -OCH3 is 1. The maximum atomic E-state index is 9.72. The van der Waals surface area contributed by atoms with Crippen molar-refractivity contribution in [3.8, 4) is 0 Å². The number of hydrogen-bond acceptors (Lipinski definition) is 3. The molecule has 0 atom stereocenters. The van der Waals surface area contributed by atoms with E-state index in [-0.39, 0.29) is 0 Å². The first-order valence-corrected chi connectivity index (χ1v) is 9.10. The Balaban J connectivity index is 0.000000326. The fourth-order valence-electron chi connectivity index (χ4n) is 2.24. The molecule has 0 unspecified atom stereocenters. The predicted molar refractivity (Wildman–Crippen MR) is 105 cm³/mol. The summed E-state index contributed by atoms with van der Waals surface area (Å²) in [4.78, 5) is 9.72. The maximum Gasteiger partial charge on any atom is 0.421 e. The van der Waals surface area contributed by atoms with Crippen LogP contribution in [0.15, 0.2) is 91.0 Å². The van der Waals surface area contributed by atoms with Crippen LogP contribution in [-0.4, -0.2) is 13.2 Å². The van der Waals surface area contributed by atoms with Crippen molar-refractivity contribution in [1.82, 2.24) is 5.43 Å². The minimum absolute atomic E-state index is 0.446. The Morgan fingerprint density at radius 1 is 0.760 bits per heavy atom. The first-order chi connectivity index (χ1) is 12.3. The number of carbonyl (C=O) groups is 1. The topological polar surface area (TPSA) is 64.3 Å². The van der Waals surface area contributed by atoms with Gasteiger partial charge >= 0.3 is 6.09 Å². The highest BCUT2D eigenvalue weighted by atomic mass is 31.1. The first-order valence-electron chi connectivity index (χ1n) is 7.76. The Labute approximate surface area is 149 Å². The molecule has 1 amide bonds. The summed E-state index contributed by atoms with van der Waals surface area (Å²) >= 11 is 0. The Hall–Kier alpha value is -2.68. The van der Waals surface area contributed by atoms with Crippen LogP contribution in [0.4, 0.5) is 4.79 Å². The molecular formula is C20H21N2O2P. The van der Waals surface area contributed by atoms with Gasteiger partial charge in [-0.05, 0) is 23.8 Å². The van der Waals surface area contributed by atoms with Crippen molar-refractivity contribution in [2.45, 2.75) is 0 Å². The van der Waals surface area contributed by atoms with Gasteiger partial charge in [-0.25, -0.2) is 10.6 Å². The zero-order valence-electron chi connectivity index (χ0n) is 14.0. The van der Waals surface area contributed by atoms with E-state index in [9.17, 15) is 4.79 Å². The number of hydrogen-bond donors (Lipinski definition) is 2. The summed E-state index contributed by atoms with van der Waals surface area (Å²) in [6.07, 6.45) is -0.630. The van der Waals surface area contributed by atoms with Crippen molar-refractivity contribution >= 4 is 29.9 Å². The molecule has 3 aromatic carbocycles. The van der Waals surface area contributed by atoms with E-state index < -0.39 is 14.0 Å². The Bertz CT molecular complexity index is 653. The van der Waals surface area contributed by atoms with Gasteiger partial charge in [0.1, 0.15) is 0 Å². The van der Waals surface area contributed by atoms with Crippen molar-refractivity contribution in [2.75, 3.05) is 7.11 Å². The molecule has 0 fully saturated rings. The van der Waals surface area contributed by atoms with E-state index in [2.05, 4.69) is 102 Å². The van der Waals surface area contributed by atoms with Crippen molar-refractivity contribution < 1.29 is 9.53 Å². The fraction of sp³-hybridized carbons (Fsp3) is 0.0500. The molecule has 0 heterocycles. The van der Waals surface area contributed by atoms with E-state index in [0.29, 0.717) is 0 Å². The molecule has 0 radical (unpaired) electrons. The third-order valence-corrected chi connectivity index (χ3v) is 5.79. The van der Waals surface area contributed by atoms with E-state index in [0.717, 1.165) is 0 Å². The number of rotatable bonds is 3. The predicted octanol–water partition coefficient (Wildman–Crippen LogP) is 2.66. The van der Waals surface area contributed by atoms with Crippen LogP contribution in [0.5, 0.6) is 0 Å². The Morgan fingerprint density at radius 2 is 1.08 bits per heavy atom. The standard InChI is InChI=1S/C18H15P.C2H6N2O2/c1-4-10-16(11-5-1)19(17-12-6-2-7-13-17)18-14-8-3-9-15-18;1-6-2(5)4-3/h1-15H;3H2,1H3,(H,4,5). The van der Waals surface area contributed by atoms with Crippen molar-refractivity contribution in [1.29, 1.82) is 0 Å². The third-order valence-electron chi connectivity index (χ3n) is 3.35. The Kier molecular flexibility index (Phi) is 7.64. The van der Waals surface area contributed by atoms with E-state index >= 15 is 0 Å². The summed E-state index contributed by atoms with van der Waals surface area (Å²) in [5, 5.41) is 4.19. The second-order valence-corrected chi connectivity index (χ2v) is 7.20. The van der Waals surface area contributed by atoms with Gasteiger partial charge in [0.25, 0.3) is 0 Å². The van der Waals surface area contributed by atoms with Crippen LogP contribution in [0.25, 0.3) is 0 Å². The molecule has 5 heteroatoms. The van der Waals surface area contributed by atoms with Gasteiger partial charge in [0.15, 0.2) is 0 Å². The van der Waals surface area contributed by atoms with Crippen LogP contribution in [0.1, 0.15) is 0 Å². The van der Waals surface area contributed by atoms with Crippen LogP contribution in [0.3, 0.4) is 0 Å². The highest BCUT2D eigenvalue weighted by Gasteiger charge is 2.14. The fourth-order valence-corrected chi connectivity index (χ4v) is 4.54. The van der Waals surface area contributed by atoms with Crippen LogP contribution < -0.4 is 27.2 Å². The molecule has 0 aliphatic carbocycles. The van der Waals surface area contributed by atoms with Gasteiger partial charge in [0.2, 0.25) is 0 Å². The lowest BCUT2D eigenvalue weighted by Crippen LogP contribution is -2.29. The molecule has 0 aliphatic rings. The molecule has 3 aromatic rings. The first kappa shape index (κ1) is 18.7. The molecule has 4 nitrogen and oxygen atoms in total. The third kappa shape index (κ3) is 5.71. The normalized spacial score (nSPS) is 9.72. The summed E-state index contributed by atoms with van der Waals surface area (Å²) in [6.45, 7) is 0. The number of benzene rings is 3. The maximum absolute atomic E-state index is 9.72. The summed E-state index contributed by atoms with van der Waals surface area (Å²) in [7, 11) is 0.792. The molecule has 0 aromatic heterocycles. The highest BCUT2D eigenvalue weighted by Crippen LogP contribution is 2.32. The quantitative estimate of drug-likeness (QED) is 0.330. The van der Waals surface area contributed by atoms with Gasteiger partial charge in [-0.15, -0.1) is 0 Å². The monoisotopic (exact) mass is 352 g/mol.